The fourth-order valence-electron chi connectivity index (χ4n) is 1.26. The van der Waals surface area contributed by atoms with Gasteiger partial charge >= 0.3 is 0 Å². The van der Waals surface area contributed by atoms with Crippen LogP contribution in [0, 0.1) is 10.1 Å². The maximum Gasteiger partial charge on any atom is 0.288 e. The quantitative estimate of drug-likeness (QED) is 0.546. The highest BCUT2D eigenvalue weighted by Gasteiger charge is 2.23. The van der Waals surface area contributed by atoms with Crippen molar-refractivity contribution >= 4 is 23.2 Å². The summed E-state index contributed by atoms with van der Waals surface area (Å²) in [4.78, 5) is 21.8. The van der Waals surface area contributed by atoms with E-state index in [0.29, 0.717) is 0 Å². The largest absolute Gasteiger partial charge is 0.393 e. The molecule has 0 aliphatic rings. The average Bonchev–Trinajstić information content (AvgIpc) is 2.36. The molecule has 0 saturated carbocycles. The van der Waals surface area contributed by atoms with Gasteiger partial charge in [-0.15, -0.1) is 0 Å². The highest BCUT2D eigenvalue weighted by Crippen LogP contribution is 2.27. The standard InChI is InChI=1S/C11H13ClN2O5/c1-11(17,6-15)5-13-10(16)7-3-2-4-8(9(7)12)14(18)19/h2-4,15,17H,5-6H2,1H3,(H,13,16). The van der Waals surface area contributed by atoms with Gasteiger partial charge in [0.05, 0.1) is 17.1 Å². The molecule has 0 radical (unpaired) electrons. The molecule has 1 rings (SSSR count). The highest BCUT2D eigenvalue weighted by molar-refractivity contribution is 6.35. The average molecular weight is 289 g/mol. The summed E-state index contributed by atoms with van der Waals surface area (Å²) in [5.41, 5.74) is -1.91. The van der Waals surface area contributed by atoms with Crippen molar-refractivity contribution in [2.24, 2.45) is 0 Å². The monoisotopic (exact) mass is 288 g/mol. The van der Waals surface area contributed by atoms with Crippen LogP contribution < -0.4 is 5.32 Å². The predicted octanol–water partition coefficient (Wildman–Crippen LogP) is 0.721. The van der Waals surface area contributed by atoms with Gasteiger partial charge in [0.2, 0.25) is 0 Å². The molecule has 1 unspecified atom stereocenters. The lowest BCUT2D eigenvalue weighted by Gasteiger charge is -2.20. The van der Waals surface area contributed by atoms with Crippen LogP contribution in [0.5, 0.6) is 0 Å². The van der Waals surface area contributed by atoms with E-state index in [-0.39, 0.29) is 22.8 Å². The first-order valence-corrected chi connectivity index (χ1v) is 5.70. The molecule has 7 nitrogen and oxygen atoms in total. The Hall–Kier alpha value is -1.70. The Balaban J connectivity index is 2.89. The molecular weight excluding hydrogens is 276 g/mol. The second-order valence-electron chi connectivity index (χ2n) is 4.23. The smallest absolute Gasteiger partial charge is 0.288 e. The minimum Gasteiger partial charge on any atom is -0.393 e. The summed E-state index contributed by atoms with van der Waals surface area (Å²) in [6.07, 6.45) is 0. The van der Waals surface area contributed by atoms with Crippen molar-refractivity contribution in [3.05, 3.63) is 38.9 Å². The fraction of sp³-hybridized carbons (Fsp3) is 0.364. The van der Waals surface area contributed by atoms with Crippen LogP contribution in [0.1, 0.15) is 17.3 Å². The first-order valence-electron chi connectivity index (χ1n) is 5.33. The lowest BCUT2D eigenvalue weighted by molar-refractivity contribution is -0.384. The van der Waals surface area contributed by atoms with Crippen molar-refractivity contribution < 1.29 is 19.9 Å². The van der Waals surface area contributed by atoms with Gasteiger partial charge in [-0.2, -0.15) is 0 Å². The Morgan fingerprint density at radius 3 is 2.74 bits per heavy atom. The van der Waals surface area contributed by atoms with Gasteiger partial charge in [-0.25, -0.2) is 0 Å². The zero-order chi connectivity index (χ0) is 14.6. The Labute approximate surface area is 114 Å². The third kappa shape index (κ3) is 3.88. The van der Waals surface area contributed by atoms with Gasteiger partial charge in [-0.1, -0.05) is 17.7 Å². The van der Waals surface area contributed by atoms with Crippen LogP contribution in [-0.4, -0.2) is 39.8 Å². The number of hydrogen-bond acceptors (Lipinski definition) is 5. The number of nitro benzene ring substituents is 1. The molecule has 1 aromatic rings. The topological polar surface area (TPSA) is 113 Å². The summed E-state index contributed by atoms with van der Waals surface area (Å²) in [6, 6.07) is 3.85. The van der Waals surface area contributed by atoms with E-state index < -0.39 is 23.0 Å². The number of aliphatic hydroxyl groups excluding tert-OH is 1. The summed E-state index contributed by atoms with van der Waals surface area (Å²) in [5, 5.41) is 31.1. The van der Waals surface area contributed by atoms with Gasteiger partial charge in [-0.3, -0.25) is 14.9 Å². The molecule has 0 bridgehead atoms. The summed E-state index contributed by atoms with van der Waals surface area (Å²) < 4.78 is 0. The van der Waals surface area contributed by atoms with Crippen LogP contribution >= 0.6 is 11.6 Å². The van der Waals surface area contributed by atoms with E-state index in [2.05, 4.69) is 5.32 Å². The number of carbonyl (C=O) groups is 1. The van der Waals surface area contributed by atoms with Crippen LogP contribution in [0.15, 0.2) is 18.2 Å². The summed E-state index contributed by atoms with van der Waals surface area (Å²) in [5.74, 6) is -0.664. The van der Waals surface area contributed by atoms with Crippen molar-refractivity contribution in [1.29, 1.82) is 0 Å². The molecule has 0 heterocycles. The van der Waals surface area contributed by atoms with E-state index in [9.17, 15) is 20.0 Å². The van der Waals surface area contributed by atoms with E-state index >= 15 is 0 Å². The second-order valence-corrected chi connectivity index (χ2v) is 4.61. The summed E-state index contributed by atoms with van der Waals surface area (Å²) >= 11 is 5.77. The zero-order valence-electron chi connectivity index (χ0n) is 10.1. The predicted molar refractivity (Wildman–Crippen MR) is 68.1 cm³/mol. The van der Waals surface area contributed by atoms with Crippen LogP contribution in [-0.2, 0) is 0 Å². The number of halogens is 1. The van der Waals surface area contributed by atoms with Crippen molar-refractivity contribution in [2.75, 3.05) is 13.2 Å². The number of nitrogens with zero attached hydrogens (tertiary/aromatic N) is 1. The van der Waals surface area contributed by atoms with E-state index in [0.717, 1.165) is 0 Å². The van der Waals surface area contributed by atoms with Crippen LogP contribution in [0.3, 0.4) is 0 Å². The molecule has 0 aliphatic heterocycles. The normalized spacial score (nSPS) is 13.7. The zero-order valence-corrected chi connectivity index (χ0v) is 10.8. The lowest BCUT2D eigenvalue weighted by Crippen LogP contribution is -2.43. The molecule has 0 fully saturated rings. The van der Waals surface area contributed by atoms with E-state index in [1.54, 1.807) is 0 Å². The van der Waals surface area contributed by atoms with Crippen molar-refractivity contribution in [1.82, 2.24) is 5.32 Å². The lowest BCUT2D eigenvalue weighted by atomic mass is 10.1. The van der Waals surface area contributed by atoms with Crippen LogP contribution in [0.2, 0.25) is 5.02 Å². The van der Waals surface area contributed by atoms with Gasteiger partial charge in [0.1, 0.15) is 10.6 Å². The molecule has 0 saturated heterocycles. The highest BCUT2D eigenvalue weighted by atomic mass is 35.5. The maximum absolute atomic E-state index is 11.8. The molecule has 0 aliphatic carbocycles. The number of amides is 1. The van der Waals surface area contributed by atoms with E-state index in [1.165, 1.54) is 25.1 Å². The minimum atomic E-state index is -1.47. The molecule has 0 spiro atoms. The number of aliphatic hydroxyl groups is 2. The number of carbonyl (C=O) groups excluding carboxylic acids is 1. The second kappa shape index (κ2) is 5.96. The van der Waals surface area contributed by atoms with E-state index in [1.807, 2.05) is 0 Å². The minimum absolute atomic E-state index is 0.0652. The summed E-state index contributed by atoms with van der Waals surface area (Å²) in [7, 11) is 0. The van der Waals surface area contributed by atoms with Crippen LogP contribution in [0.4, 0.5) is 5.69 Å². The van der Waals surface area contributed by atoms with Crippen LogP contribution in [0.25, 0.3) is 0 Å². The Kier molecular flexibility index (Phi) is 4.82. The Morgan fingerprint density at radius 2 is 2.21 bits per heavy atom. The molecule has 19 heavy (non-hydrogen) atoms. The SMILES string of the molecule is CC(O)(CO)CNC(=O)c1cccc([N+](=O)[O-])c1Cl. The molecule has 1 atom stereocenters. The first-order chi connectivity index (χ1) is 8.78. The van der Waals surface area contributed by atoms with Crippen molar-refractivity contribution in [3.63, 3.8) is 0 Å². The molecule has 3 N–H and O–H groups in total. The molecule has 104 valence electrons. The van der Waals surface area contributed by atoms with Gasteiger partial charge < -0.3 is 15.5 Å². The number of nitro groups is 1. The third-order valence-electron chi connectivity index (χ3n) is 2.39. The summed E-state index contributed by atoms with van der Waals surface area (Å²) in [6.45, 7) is 0.597. The first kappa shape index (κ1) is 15.4. The van der Waals surface area contributed by atoms with Gasteiger partial charge in [0.15, 0.2) is 0 Å². The van der Waals surface area contributed by atoms with Gasteiger partial charge in [0.25, 0.3) is 11.6 Å². The third-order valence-corrected chi connectivity index (χ3v) is 2.79. The number of rotatable bonds is 5. The number of nitrogens with one attached hydrogen (secondary N) is 1. The van der Waals surface area contributed by atoms with E-state index in [4.69, 9.17) is 16.7 Å². The van der Waals surface area contributed by atoms with Crippen molar-refractivity contribution in [2.45, 2.75) is 12.5 Å². The Morgan fingerprint density at radius 1 is 1.58 bits per heavy atom. The number of benzene rings is 1. The molecule has 1 aromatic carbocycles. The molecule has 8 heteroatoms. The Bertz CT molecular complexity index is 504. The molecule has 1 amide bonds. The molecule has 0 aromatic heterocycles. The fourth-order valence-corrected chi connectivity index (χ4v) is 1.54. The maximum atomic E-state index is 11.8. The molecular formula is C11H13ClN2O5. The van der Waals surface area contributed by atoms with Crippen molar-refractivity contribution in [3.8, 4) is 0 Å². The number of hydrogen-bond donors (Lipinski definition) is 3. The van der Waals surface area contributed by atoms with Gasteiger partial charge in [0, 0.05) is 12.6 Å². The van der Waals surface area contributed by atoms with Gasteiger partial charge in [-0.05, 0) is 13.0 Å².